The van der Waals surface area contributed by atoms with Gasteiger partial charge in [-0.1, -0.05) is 0 Å². The fourth-order valence-electron chi connectivity index (χ4n) is 1.31. The summed E-state index contributed by atoms with van der Waals surface area (Å²) in [6, 6.07) is 4.01. The number of carbonyl (C=O) groups is 1. The number of carbonyl (C=O) groups excluding carboxylic acids is 1. The van der Waals surface area contributed by atoms with Gasteiger partial charge in [-0.3, -0.25) is 4.79 Å². The van der Waals surface area contributed by atoms with Gasteiger partial charge in [0, 0.05) is 28.3 Å². The fraction of sp³-hybridized carbons (Fsp3) is 0.364. The maximum atomic E-state index is 11.9. The Morgan fingerprint density at radius 1 is 1.47 bits per heavy atom. The maximum Gasteiger partial charge on any atom is 0.261 e. The van der Waals surface area contributed by atoms with Crippen LogP contribution in [0.3, 0.4) is 0 Å². The number of halogens is 2. The predicted molar refractivity (Wildman–Crippen MR) is 76.0 cm³/mol. The van der Waals surface area contributed by atoms with Crippen molar-refractivity contribution in [3.05, 3.63) is 28.2 Å². The predicted octanol–water partition coefficient (Wildman–Crippen LogP) is 2.14. The highest BCUT2D eigenvalue weighted by atomic mass is 79.9. The highest BCUT2D eigenvalue weighted by Crippen LogP contribution is 2.23. The lowest BCUT2D eigenvalue weighted by atomic mass is 10.2. The second-order valence-corrected chi connectivity index (χ2v) is 6.95. The van der Waals surface area contributed by atoms with E-state index in [9.17, 15) is 13.2 Å². The van der Waals surface area contributed by atoms with Crippen molar-refractivity contribution in [3.8, 4) is 0 Å². The van der Waals surface area contributed by atoms with Crippen LogP contribution in [-0.4, -0.2) is 34.1 Å². The Bertz CT molecular complexity index is 562. The summed E-state index contributed by atoms with van der Waals surface area (Å²) in [5, 5.41) is 2.62. The summed E-state index contributed by atoms with van der Waals surface area (Å²) in [6.45, 7) is 3.16. The van der Waals surface area contributed by atoms with Crippen molar-refractivity contribution in [2.45, 2.75) is 11.8 Å². The molecule has 1 aromatic rings. The van der Waals surface area contributed by atoms with Crippen LogP contribution in [0.15, 0.2) is 27.6 Å². The summed E-state index contributed by atoms with van der Waals surface area (Å²) < 4.78 is 28.0. The molecule has 0 atom stereocenters. The van der Waals surface area contributed by atoms with Gasteiger partial charge in [-0.2, -0.15) is 0 Å². The van der Waals surface area contributed by atoms with Crippen molar-refractivity contribution in [3.63, 3.8) is 0 Å². The molecule has 1 rings (SSSR count). The second kappa shape index (κ2) is 7.23. The number of hydrogen-bond donors (Lipinski definition) is 1. The molecule has 0 saturated heterocycles. The Kier molecular flexibility index (Phi) is 6.25. The van der Waals surface area contributed by atoms with Crippen LogP contribution >= 0.6 is 26.6 Å². The zero-order valence-electron chi connectivity index (χ0n) is 10.2. The number of hydrogen-bond acceptors (Lipinski definition) is 4. The lowest BCUT2D eigenvalue weighted by Gasteiger charge is -2.08. The third-order valence-electron chi connectivity index (χ3n) is 2.20. The van der Waals surface area contributed by atoms with Gasteiger partial charge in [0.25, 0.3) is 15.0 Å². The van der Waals surface area contributed by atoms with Crippen LogP contribution in [0.4, 0.5) is 0 Å². The first-order chi connectivity index (χ1) is 8.86. The van der Waals surface area contributed by atoms with Gasteiger partial charge in [-0.15, -0.1) is 0 Å². The average molecular weight is 371 g/mol. The van der Waals surface area contributed by atoms with E-state index in [1.807, 2.05) is 6.92 Å². The molecule has 0 radical (unpaired) electrons. The Balaban J connectivity index is 2.84. The highest BCUT2D eigenvalue weighted by molar-refractivity contribution is 9.10. The Labute approximate surface area is 124 Å². The SMILES string of the molecule is CCOCCNC(=O)c1cc(S(=O)(=O)Cl)ccc1Br. The van der Waals surface area contributed by atoms with Crippen LogP contribution in [0.1, 0.15) is 17.3 Å². The zero-order valence-corrected chi connectivity index (χ0v) is 13.3. The van der Waals surface area contributed by atoms with Gasteiger partial charge in [0.1, 0.15) is 0 Å². The van der Waals surface area contributed by atoms with E-state index in [1.54, 1.807) is 0 Å². The van der Waals surface area contributed by atoms with Crippen molar-refractivity contribution in [1.82, 2.24) is 5.32 Å². The molecule has 0 fully saturated rings. The number of nitrogens with one attached hydrogen (secondary N) is 1. The summed E-state index contributed by atoms with van der Waals surface area (Å²) in [6.07, 6.45) is 0. The molecule has 8 heteroatoms. The van der Waals surface area contributed by atoms with E-state index in [4.69, 9.17) is 15.4 Å². The first-order valence-electron chi connectivity index (χ1n) is 5.46. The third-order valence-corrected chi connectivity index (χ3v) is 4.24. The van der Waals surface area contributed by atoms with Crippen molar-refractivity contribution >= 4 is 41.6 Å². The molecule has 1 N–H and O–H groups in total. The summed E-state index contributed by atoms with van der Waals surface area (Å²) in [5.41, 5.74) is 0.207. The quantitative estimate of drug-likeness (QED) is 0.615. The van der Waals surface area contributed by atoms with Gasteiger partial charge < -0.3 is 10.1 Å². The smallest absolute Gasteiger partial charge is 0.261 e. The van der Waals surface area contributed by atoms with Gasteiger partial charge in [-0.05, 0) is 41.1 Å². The van der Waals surface area contributed by atoms with Gasteiger partial charge in [0.2, 0.25) is 0 Å². The van der Waals surface area contributed by atoms with E-state index in [1.165, 1.54) is 18.2 Å². The highest BCUT2D eigenvalue weighted by Gasteiger charge is 2.16. The standard InChI is InChI=1S/C11H13BrClNO4S/c1-2-18-6-5-14-11(15)9-7-8(19(13,16)17)3-4-10(9)12/h3-4,7H,2,5-6H2,1H3,(H,14,15). The normalized spacial score (nSPS) is 11.3. The summed E-state index contributed by atoms with van der Waals surface area (Å²) in [7, 11) is 1.38. The lowest BCUT2D eigenvalue weighted by Crippen LogP contribution is -2.27. The molecule has 0 saturated carbocycles. The topological polar surface area (TPSA) is 72.5 Å². The molecule has 0 heterocycles. The fourth-order valence-corrected chi connectivity index (χ4v) is 2.51. The molecule has 0 aliphatic carbocycles. The zero-order chi connectivity index (χ0) is 14.5. The van der Waals surface area contributed by atoms with Gasteiger partial charge >= 0.3 is 0 Å². The molecule has 5 nitrogen and oxygen atoms in total. The largest absolute Gasteiger partial charge is 0.380 e. The molecule has 0 aliphatic rings. The van der Waals surface area contributed by atoms with Crippen LogP contribution in [0.25, 0.3) is 0 Å². The van der Waals surface area contributed by atoms with Crippen LogP contribution in [0.2, 0.25) is 0 Å². The minimum atomic E-state index is -3.86. The van der Waals surface area contributed by atoms with Crippen LogP contribution < -0.4 is 5.32 Å². The molecule has 1 amide bonds. The van der Waals surface area contributed by atoms with Crippen LogP contribution in [-0.2, 0) is 13.8 Å². The van der Waals surface area contributed by atoms with Crippen LogP contribution in [0.5, 0.6) is 0 Å². The first-order valence-corrected chi connectivity index (χ1v) is 8.56. The Morgan fingerprint density at radius 2 is 2.16 bits per heavy atom. The molecule has 0 unspecified atom stereocenters. The molecule has 106 valence electrons. The number of ether oxygens (including phenoxy) is 1. The van der Waals surface area contributed by atoms with Gasteiger partial charge in [-0.25, -0.2) is 8.42 Å². The molecule has 0 aliphatic heterocycles. The Hall–Kier alpha value is -0.630. The second-order valence-electron chi connectivity index (χ2n) is 3.53. The molecule has 19 heavy (non-hydrogen) atoms. The van der Waals surface area contributed by atoms with E-state index in [-0.39, 0.29) is 10.5 Å². The minimum absolute atomic E-state index is 0.118. The molecular formula is C11H13BrClNO4S. The van der Waals surface area contributed by atoms with Crippen molar-refractivity contribution in [2.75, 3.05) is 19.8 Å². The molecular weight excluding hydrogens is 358 g/mol. The third kappa shape index (κ3) is 5.10. The monoisotopic (exact) mass is 369 g/mol. The van der Waals surface area contributed by atoms with Crippen molar-refractivity contribution in [2.24, 2.45) is 0 Å². The van der Waals surface area contributed by atoms with Crippen LogP contribution in [0, 0.1) is 0 Å². The van der Waals surface area contributed by atoms with Crippen molar-refractivity contribution in [1.29, 1.82) is 0 Å². The Morgan fingerprint density at radius 3 is 2.74 bits per heavy atom. The maximum absolute atomic E-state index is 11.9. The lowest BCUT2D eigenvalue weighted by molar-refractivity contribution is 0.0921. The summed E-state index contributed by atoms with van der Waals surface area (Å²) in [4.78, 5) is 11.8. The van der Waals surface area contributed by atoms with E-state index in [0.29, 0.717) is 24.2 Å². The summed E-state index contributed by atoms with van der Waals surface area (Å²) in [5.74, 6) is -0.395. The summed E-state index contributed by atoms with van der Waals surface area (Å²) >= 11 is 3.19. The van der Waals surface area contributed by atoms with E-state index in [0.717, 1.165) is 0 Å². The molecule has 0 spiro atoms. The number of benzene rings is 1. The van der Waals surface area contributed by atoms with E-state index >= 15 is 0 Å². The van der Waals surface area contributed by atoms with E-state index in [2.05, 4.69) is 21.2 Å². The average Bonchev–Trinajstić information content (AvgIpc) is 2.33. The first kappa shape index (κ1) is 16.4. The minimum Gasteiger partial charge on any atom is -0.380 e. The molecule has 0 aromatic heterocycles. The number of amides is 1. The molecule has 1 aromatic carbocycles. The van der Waals surface area contributed by atoms with E-state index < -0.39 is 15.0 Å². The number of rotatable bonds is 6. The van der Waals surface area contributed by atoms with Gasteiger partial charge in [0.15, 0.2) is 0 Å². The molecule has 0 bridgehead atoms. The van der Waals surface area contributed by atoms with Gasteiger partial charge in [0.05, 0.1) is 17.1 Å². The van der Waals surface area contributed by atoms with Crippen molar-refractivity contribution < 1.29 is 17.9 Å².